The summed E-state index contributed by atoms with van der Waals surface area (Å²) in [4.78, 5) is 8.07. The van der Waals surface area contributed by atoms with Gasteiger partial charge in [-0.05, 0) is 37.9 Å². The van der Waals surface area contributed by atoms with Crippen LogP contribution in [-0.2, 0) is 6.54 Å². The number of hydrogen-bond donors (Lipinski definition) is 1. The molecule has 2 heterocycles. The zero-order chi connectivity index (χ0) is 10.7. The van der Waals surface area contributed by atoms with Gasteiger partial charge in [0, 0.05) is 10.7 Å². The van der Waals surface area contributed by atoms with Gasteiger partial charge in [-0.2, -0.15) is 4.98 Å². The molecule has 0 saturated heterocycles. The fourth-order valence-electron chi connectivity index (χ4n) is 0.978. The van der Waals surface area contributed by atoms with Crippen LogP contribution in [0.1, 0.15) is 5.82 Å². The lowest BCUT2D eigenvalue weighted by Gasteiger charge is -2.04. The molecule has 0 amide bonds. The molecule has 0 saturated carbocycles. The Labute approximate surface area is 103 Å². The van der Waals surface area contributed by atoms with E-state index in [2.05, 4.69) is 56.8 Å². The highest BCUT2D eigenvalue weighted by Crippen LogP contribution is 2.23. The second-order valence-corrected chi connectivity index (χ2v) is 4.45. The monoisotopic (exact) mass is 332 g/mol. The molecule has 0 aliphatic carbocycles. The first-order valence-electron chi connectivity index (χ1n) is 4.06. The molecule has 0 spiro atoms. The van der Waals surface area contributed by atoms with Gasteiger partial charge in [-0.15, -0.1) is 0 Å². The largest absolute Gasteiger partial charge is 0.362 e. The summed E-state index contributed by atoms with van der Waals surface area (Å²) in [6, 6.07) is 1.91. The highest BCUT2D eigenvalue weighted by molar-refractivity contribution is 9.11. The van der Waals surface area contributed by atoms with Crippen LogP contribution < -0.4 is 5.32 Å². The first kappa shape index (κ1) is 10.6. The van der Waals surface area contributed by atoms with E-state index in [1.807, 2.05) is 6.07 Å². The second-order valence-electron chi connectivity index (χ2n) is 2.68. The Bertz CT molecular complexity index is 446. The molecule has 2 aromatic heterocycles. The van der Waals surface area contributed by atoms with Crippen LogP contribution in [-0.4, -0.2) is 15.1 Å². The lowest BCUT2D eigenvalue weighted by atomic mass is 10.4. The molecule has 0 aliphatic rings. The molecule has 0 atom stereocenters. The van der Waals surface area contributed by atoms with Gasteiger partial charge in [0.05, 0.1) is 11.0 Å². The maximum absolute atomic E-state index is 4.61. The quantitative estimate of drug-likeness (QED) is 0.935. The molecular weight excluding hydrogens is 328 g/mol. The van der Waals surface area contributed by atoms with E-state index in [1.54, 1.807) is 6.20 Å². The third-order valence-electron chi connectivity index (χ3n) is 1.63. The average molecular weight is 334 g/mol. The zero-order valence-corrected chi connectivity index (χ0v) is 10.6. The van der Waals surface area contributed by atoms with Crippen LogP contribution in [0.25, 0.3) is 0 Å². The summed E-state index contributed by atoms with van der Waals surface area (Å²) in [5.74, 6) is 1.33. The summed E-state index contributed by atoms with van der Waals surface area (Å²) in [5, 5.41) is 6.76. The third-order valence-corrected chi connectivity index (χ3v) is 2.67. The molecule has 15 heavy (non-hydrogen) atoms. The molecule has 78 valence electrons. The van der Waals surface area contributed by atoms with Crippen LogP contribution >= 0.6 is 31.9 Å². The molecule has 0 radical (unpaired) electrons. The summed E-state index contributed by atoms with van der Waals surface area (Å²) < 4.78 is 6.40. The van der Waals surface area contributed by atoms with Crippen LogP contribution in [0.3, 0.4) is 0 Å². The van der Waals surface area contributed by atoms with Crippen LogP contribution in [0.5, 0.6) is 0 Å². The van der Waals surface area contributed by atoms with Crippen molar-refractivity contribution in [1.82, 2.24) is 15.1 Å². The molecule has 1 N–H and O–H groups in total. The standard InChI is InChI=1S/C8H6Br2N4O/c9-5-1-6(10)8(11-2-5)12-3-7-13-4-15-14-7/h1-2,4H,3H2,(H,11,12). The summed E-state index contributed by atoms with van der Waals surface area (Å²) in [7, 11) is 0. The number of pyridine rings is 1. The molecule has 0 bridgehead atoms. The van der Waals surface area contributed by atoms with Gasteiger partial charge in [-0.3, -0.25) is 0 Å². The van der Waals surface area contributed by atoms with Crippen molar-refractivity contribution in [3.63, 3.8) is 0 Å². The molecule has 5 nitrogen and oxygen atoms in total. The van der Waals surface area contributed by atoms with Crippen molar-refractivity contribution in [3.8, 4) is 0 Å². The SMILES string of the molecule is Brc1cnc(NCc2ncon2)c(Br)c1. The topological polar surface area (TPSA) is 63.8 Å². The first-order chi connectivity index (χ1) is 7.25. The fourth-order valence-corrected chi connectivity index (χ4v) is 2.11. The van der Waals surface area contributed by atoms with Crippen LogP contribution in [0.4, 0.5) is 5.82 Å². The number of nitrogens with one attached hydrogen (secondary N) is 1. The minimum absolute atomic E-state index is 0.476. The number of rotatable bonds is 3. The van der Waals surface area contributed by atoms with Crippen molar-refractivity contribution in [3.05, 3.63) is 33.4 Å². The van der Waals surface area contributed by atoms with E-state index in [0.29, 0.717) is 12.4 Å². The van der Waals surface area contributed by atoms with Gasteiger partial charge < -0.3 is 9.84 Å². The first-order valence-corrected chi connectivity index (χ1v) is 5.64. The van der Waals surface area contributed by atoms with Crippen molar-refractivity contribution in [2.45, 2.75) is 6.54 Å². The van der Waals surface area contributed by atoms with E-state index in [1.165, 1.54) is 6.39 Å². The van der Waals surface area contributed by atoms with Gasteiger partial charge in [0.1, 0.15) is 5.82 Å². The summed E-state index contributed by atoms with van der Waals surface area (Å²) in [6.07, 6.45) is 3.00. The van der Waals surface area contributed by atoms with Crippen molar-refractivity contribution >= 4 is 37.7 Å². The lowest BCUT2D eigenvalue weighted by molar-refractivity contribution is 0.411. The van der Waals surface area contributed by atoms with E-state index < -0.39 is 0 Å². The van der Waals surface area contributed by atoms with Crippen LogP contribution in [0, 0.1) is 0 Å². The summed E-state index contributed by atoms with van der Waals surface area (Å²) in [5.41, 5.74) is 0. The van der Waals surface area contributed by atoms with E-state index in [-0.39, 0.29) is 0 Å². The Morgan fingerprint density at radius 3 is 2.87 bits per heavy atom. The zero-order valence-electron chi connectivity index (χ0n) is 7.44. The highest BCUT2D eigenvalue weighted by atomic mass is 79.9. The Hall–Kier alpha value is -0.950. The smallest absolute Gasteiger partial charge is 0.213 e. The third kappa shape index (κ3) is 2.75. The maximum atomic E-state index is 4.61. The van der Waals surface area contributed by atoms with E-state index in [9.17, 15) is 0 Å². The maximum Gasteiger partial charge on any atom is 0.213 e. The Morgan fingerprint density at radius 1 is 1.33 bits per heavy atom. The molecule has 0 unspecified atom stereocenters. The van der Waals surface area contributed by atoms with E-state index >= 15 is 0 Å². The predicted octanol–water partition coefficient (Wildman–Crippen LogP) is 2.60. The number of anilines is 1. The van der Waals surface area contributed by atoms with Gasteiger partial charge in [0.25, 0.3) is 0 Å². The van der Waals surface area contributed by atoms with Crippen LogP contribution in [0.15, 0.2) is 32.1 Å². The molecular formula is C8H6Br2N4O. The van der Waals surface area contributed by atoms with Crippen LogP contribution in [0.2, 0.25) is 0 Å². The van der Waals surface area contributed by atoms with Gasteiger partial charge in [0.15, 0.2) is 5.82 Å². The second kappa shape index (κ2) is 4.71. The highest BCUT2D eigenvalue weighted by Gasteiger charge is 2.03. The minimum Gasteiger partial charge on any atom is -0.362 e. The fraction of sp³-hybridized carbons (Fsp3) is 0.125. The van der Waals surface area contributed by atoms with E-state index in [0.717, 1.165) is 14.8 Å². The van der Waals surface area contributed by atoms with Gasteiger partial charge in [0.2, 0.25) is 6.39 Å². The molecule has 0 fully saturated rings. The molecule has 2 rings (SSSR count). The number of aromatic nitrogens is 3. The molecule has 7 heteroatoms. The van der Waals surface area contributed by atoms with E-state index in [4.69, 9.17) is 0 Å². The molecule has 0 aromatic carbocycles. The van der Waals surface area contributed by atoms with Gasteiger partial charge >= 0.3 is 0 Å². The number of nitrogens with zero attached hydrogens (tertiary/aromatic N) is 3. The van der Waals surface area contributed by atoms with Crippen molar-refractivity contribution in [1.29, 1.82) is 0 Å². The van der Waals surface area contributed by atoms with Gasteiger partial charge in [-0.25, -0.2) is 4.98 Å². The van der Waals surface area contributed by atoms with Gasteiger partial charge in [-0.1, -0.05) is 5.16 Å². The normalized spacial score (nSPS) is 10.3. The Morgan fingerprint density at radius 2 is 2.20 bits per heavy atom. The predicted molar refractivity (Wildman–Crippen MR) is 61.3 cm³/mol. The Kier molecular flexibility index (Phi) is 3.32. The Balaban J connectivity index is 2.05. The van der Waals surface area contributed by atoms with Crippen molar-refractivity contribution < 1.29 is 4.52 Å². The molecule has 2 aromatic rings. The van der Waals surface area contributed by atoms with Crippen molar-refractivity contribution in [2.24, 2.45) is 0 Å². The average Bonchev–Trinajstić information content (AvgIpc) is 2.69. The lowest BCUT2D eigenvalue weighted by Crippen LogP contribution is -2.03. The summed E-state index contributed by atoms with van der Waals surface area (Å²) >= 11 is 6.72. The molecule has 0 aliphatic heterocycles. The minimum atomic E-state index is 0.476. The van der Waals surface area contributed by atoms with Crippen molar-refractivity contribution in [2.75, 3.05) is 5.32 Å². The number of halogens is 2. The summed E-state index contributed by atoms with van der Waals surface area (Å²) in [6.45, 7) is 0.476. The number of hydrogen-bond acceptors (Lipinski definition) is 5.